The molecule has 4 aromatic rings. The van der Waals surface area contributed by atoms with Crippen LogP contribution >= 0.6 is 23.8 Å². The Morgan fingerprint density at radius 3 is 2.26 bits per heavy atom. The fraction of sp³-hybridized carbons (Fsp3) is 0.207. The zero-order chi connectivity index (χ0) is 28.0. The summed E-state index contributed by atoms with van der Waals surface area (Å²) in [7, 11) is 0. The third-order valence-electron chi connectivity index (χ3n) is 5.75. The van der Waals surface area contributed by atoms with Crippen molar-refractivity contribution in [2.24, 2.45) is 0 Å². The molecule has 39 heavy (non-hydrogen) atoms. The minimum Gasteiger partial charge on any atom is -0.481 e. The number of hydroxylamine groups is 2. The molecule has 0 aliphatic carbocycles. The maximum Gasteiger partial charge on any atom is 0.449 e. The van der Waals surface area contributed by atoms with E-state index in [0.29, 0.717) is 6.54 Å². The van der Waals surface area contributed by atoms with Crippen LogP contribution in [0.15, 0.2) is 93.1 Å². The molecule has 0 aliphatic heterocycles. The van der Waals surface area contributed by atoms with Gasteiger partial charge >= 0.3 is 12.1 Å². The van der Waals surface area contributed by atoms with Gasteiger partial charge in [0.1, 0.15) is 5.76 Å². The SMILES string of the molecule is Cc1cccc(C)c1SON(Cc1ccc(-c2cccc(SCC(=O)O)c2)cc1)Cc1ccc(C(F)(F)F)o1. The maximum absolute atomic E-state index is 13.1. The number of hydrogen-bond donors (Lipinski definition) is 1. The van der Waals surface area contributed by atoms with Gasteiger partial charge in [-0.25, -0.2) is 4.28 Å². The predicted molar refractivity (Wildman–Crippen MR) is 146 cm³/mol. The Hall–Kier alpha value is -3.18. The number of nitrogens with zero attached hydrogens (tertiary/aromatic N) is 1. The van der Waals surface area contributed by atoms with E-state index in [1.165, 1.54) is 17.8 Å². The predicted octanol–water partition coefficient (Wildman–Crippen LogP) is 8.40. The molecule has 1 heterocycles. The standard InChI is InChI=1S/C29H26F3NO4S2/c1-19-5-3-6-20(2)28(19)39-37-33(17-24-13-14-26(36-24)29(30,31)32)16-21-9-11-22(12-10-21)23-7-4-8-25(15-23)38-18-27(34)35/h3-15H,16-18H2,1-2H3,(H,34,35). The van der Waals surface area contributed by atoms with Crippen LogP contribution in [-0.4, -0.2) is 21.9 Å². The van der Waals surface area contributed by atoms with Crippen molar-refractivity contribution in [2.45, 2.75) is 42.9 Å². The number of furan rings is 1. The first kappa shape index (κ1) is 28.8. The quantitative estimate of drug-likeness (QED) is 0.110. The van der Waals surface area contributed by atoms with Crippen molar-refractivity contribution in [1.29, 1.82) is 0 Å². The molecule has 0 aliphatic rings. The second-order valence-corrected chi connectivity index (χ2v) is 10.6. The summed E-state index contributed by atoms with van der Waals surface area (Å²) in [6, 6.07) is 23.5. The van der Waals surface area contributed by atoms with Crippen molar-refractivity contribution in [3.63, 3.8) is 0 Å². The number of carboxylic acids is 1. The highest BCUT2D eigenvalue weighted by Crippen LogP contribution is 2.33. The molecule has 3 aromatic carbocycles. The van der Waals surface area contributed by atoms with Crippen LogP contribution in [0.5, 0.6) is 0 Å². The summed E-state index contributed by atoms with van der Waals surface area (Å²) in [5.41, 5.74) is 4.86. The minimum atomic E-state index is -4.56. The maximum atomic E-state index is 13.1. The van der Waals surface area contributed by atoms with Crippen molar-refractivity contribution in [2.75, 3.05) is 5.75 Å². The van der Waals surface area contributed by atoms with Gasteiger partial charge in [-0.05, 0) is 65.9 Å². The monoisotopic (exact) mass is 573 g/mol. The Morgan fingerprint density at radius 2 is 1.62 bits per heavy atom. The summed E-state index contributed by atoms with van der Waals surface area (Å²) in [4.78, 5) is 12.7. The second kappa shape index (κ2) is 12.8. The fourth-order valence-corrected chi connectivity index (χ4v) is 5.19. The van der Waals surface area contributed by atoms with Crippen LogP contribution < -0.4 is 0 Å². The van der Waals surface area contributed by atoms with E-state index in [1.807, 2.05) is 80.6 Å². The van der Waals surface area contributed by atoms with Crippen LogP contribution in [0.4, 0.5) is 13.2 Å². The van der Waals surface area contributed by atoms with E-state index in [2.05, 4.69) is 0 Å². The highest BCUT2D eigenvalue weighted by Gasteiger charge is 2.35. The molecule has 1 aromatic heterocycles. The van der Waals surface area contributed by atoms with Crippen LogP contribution in [-0.2, 0) is 28.3 Å². The lowest BCUT2D eigenvalue weighted by atomic mass is 10.0. The Balaban J connectivity index is 1.50. The second-order valence-electron chi connectivity index (χ2n) is 8.85. The summed E-state index contributed by atoms with van der Waals surface area (Å²) in [6.07, 6.45) is -4.56. The molecule has 204 valence electrons. The lowest BCUT2D eigenvalue weighted by molar-refractivity contribution is -0.154. The molecule has 0 atom stereocenters. The number of aryl methyl sites for hydroxylation is 2. The third-order valence-corrected chi connectivity index (χ3v) is 7.83. The molecule has 5 nitrogen and oxygen atoms in total. The normalized spacial score (nSPS) is 11.7. The molecule has 0 radical (unpaired) electrons. The van der Waals surface area contributed by atoms with Crippen LogP contribution in [0.1, 0.15) is 28.2 Å². The lowest BCUT2D eigenvalue weighted by Gasteiger charge is -2.21. The average molecular weight is 574 g/mol. The van der Waals surface area contributed by atoms with Crippen LogP contribution in [0, 0.1) is 13.8 Å². The number of carbonyl (C=O) groups is 1. The molecule has 4 rings (SSSR count). The molecule has 0 fully saturated rings. The van der Waals surface area contributed by atoms with Gasteiger partial charge in [0.15, 0.2) is 0 Å². The van der Waals surface area contributed by atoms with Crippen molar-refractivity contribution in [3.05, 3.63) is 107 Å². The van der Waals surface area contributed by atoms with Gasteiger partial charge < -0.3 is 9.52 Å². The zero-order valence-corrected chi connectivity index (χ0v) is 22.8. The molecule has 1 N–H and O–H groups in total. The van der Waals surface area contributed by atoms with E-state index in [4.69, 9.17) is 13.8 Å². The summed E-state index contributed by atoms with van der Waals surface area (Å²) < 4.78 is 50.2. The van der Waals surface area contributed by atoms with E-state index in [1.54, 1.807) is 5.06 Å². The van der Waals surface area contributed by atoms with Crippen LogP contribution in [0.3, 0.4) is 0 Å². The molecule has 10 heteroatoms. The van der Waals surface area contributed by atoms with Gasteiger partial charge in [-0.15, -0.1) is 11.8 Å². The minimum absolute atomic E-state index is 0.0125. The molecule has 0 saturated heterocycles. The third kappa shape index (κ3) is 8.15. The number of aliphatic carboxylic acids is 1. The van der Waals surface area contributed by atoms with Crippen molar-refractivity contribution in [3.8, 4) is 11.1 Å². The molecule has 0 unspecified atom stereocenters. The van der Waals surface area contributed by atoms with Gasteiger partial charge in [-0.1, -0.05) is 54.6 Å². The average Bonchev–Trinajstić information content (AvgIpc) is 3.37. The largest absolute Gasteiger partial charge is 0.481 e. The topological polar surface area (TPSA) is 62.9 Å². The van der Waals surface area contributed by atoms with Gasteiger partial charge in [0.25, 0.3) is 0 Å². The number of carboxylic acid groups (broad SMARTS) is 1. The highest BCUT2D eigenvalue weighted by molar-refractivity contribution is 8.00. The zero-order valence-electron chi connectivity index (χ0n) is 21.2. The van der Waals surface area contributed by atoms with Crippen molar-refractivity contribution in [1.82, 2.24) is 5.06 Å². The van der Waals surface area contributed by atoms with Gasteiger partial charge in [0.2, 0.25) is 5.76 Å². The van der Waals surface area contributed by atoms with E-state index >= 15 is 0 Å². The molecular weight excluding hydrogens is 547 g/mol. The number of thioether (sulfide) groups is 1. The summed E-state index contributed by atoms with van der Waals surface area (Å²) in [5, 5.41) is 10.5. The first-order valence-corrected chi connectivity index (χ1v) is 13.7. The number of benzene rings is 3. The fourth-order valence-electron chi connectivity index (χ4n) is 3.84. The lowest BCUT2D eigenvalue weighted by Crippen LogP contribution is -2.20. The smallest absolute Gasteiger partial charge is 0.449 e. The van der Waals surface area contributed by atoms with Gasteiger partial charge in [-0.2, -0.15) is 18.2 Å². The Morgan fingerprint density at radius 1 is 0.923 bits per heavy atom. The van der Waals surface area contributed by atoms with Gasteiger partial charge in [0.05, 0.1) is 30.9 Å². The molecular formula is C29H26F3NO4S2. The van der Waals surface area contributed by atoms with E-state index in [9.17, 15) is 18.0 Å². The van der Waals surface area contributed by atoms with E-state index in [-0.39, 0.29) is 18.1 Å². The van der Waals surface area contributed by atoms with Crippen molar-refractivity contribution < 1.29 is 31.8 Å². The van der Waals surface area contributed by atoms with E-state index in [0.717, 1.165) is 55.7 Å². The highest BCUT2D eigenvalue weighted by atomic mass is 32.2. The summed E-state index contributed by atoms with van der Waals surface area (Å²) >= 11 is 2.41. The van der Waals surface area contributed by atoms with E-state index < -0.39 is 17.9 Å². The summed E-state index contributed by atoms with van der Waals surface area (Å²) in [6.45, 7) is 4.26. The number of hydrogen-bond acceptors (Lipinski definition) is 6. The Bertz CT molecular complexity index is 1400. The summed E-state index contributed by atoms with van der Waals surface area (Å²) in [5.74, 6) is -1.80. The molecule has 0 spiro atoms. The number of rotatable bonds is 11. The Kier molecular flexibility index (Phi) is 9.45. The van der Waals surface area contributed by atoms with Crippen molar-refractivity contribution >= 4 is 29.8 Å². The molecule has 0 saturated carbocycles. The van der Waals surface area contributed by atoms with Gasteiger partial charge in [0, 0.05) is 9.79 Å². The number of halogens is 3. The molecule has 0 bridgehead atoms. The number of alkyl halides is 3. The first-order valence-electron chi connectivity index (χ1n) is 11.9. The Labute approximate surface area is 233 Å². The van der Waals surface area contributed by atoms with Crippen LogP contribution in [0.25, 0.3) is 11.1 Å². The first-order chi connectivity index (χ1) is 18.6. The van der Waals surface area contributed by atoms with Crippen LogP contribution in [0.2, 0.25) is 0 Å². The van der Waals surface area contributed by atoms with Gasteiger partial charge in [-0.3, -0.25) is 4.79 Å². The molecule has 0 amide bonds.